The number of nitrogens with zero attached hydrogens (tertiary/aromatic N) is 6. The largest absolute Gasteiger partial charge is 0.455 e. The molecule has 0 aliphatic heterocycles. The molecule has 0 fully saturated rings. The quantitative estimate of drug-likeness (QED) is 0.579. The number of fused-ring (bicyclic) bond motifs is 1. The van der Waals surface area contributed by atoms with Gasteiger partial charge in [-0.1, -0.05) is 29.5 Å². The van der Waals surface area contributed by atoms with Gasteiger partial charge >= 0.3 is 0 Å². The highest BCUT2D eigenvalue weighted by Crippen LogP contribution is 2.30. The normalized spacial score (nSPS) is 11.0. The van der Waals surface area contributed by atoms with E-state index < -0.39 is 0 Å². The average Bonchev–Trinajstić information content (AvgIpc) is 3.20. The third-order valence-electron chi connectivity index (χ3n) is 3.60. The fourth-order valence-electron chi connectivity index (χ4n) is 2.46. The van der Waals surface area contributed by atoms with Crippen LogP contribution >= 0.6 is 0 Å². The fraction of sp³-hybridized carbons (Fsp3) is 0.125. The van der Waals surface area contributed by atoms with E-state index in [0.717, 1.165) is 22.3 Å². The van der Waals surface area contributed by atoms with E-state index in [1.165, 1.54) is 6.33 Å². The Morgan fingerprint density at radius 1 is 1.04 bits per heavy atom. The van der Waals surface area contributed by atoms with E-state index in [1.54, 1.807) is 15.7 Å². The molecule has 23 heavy (non-hydrogen) atoms. The highest BCUT2D eigenvalue weighted by atomic mass is 16.5. The summed E-state index contributed by atoms with van der Waals surface area (Å²) in [6.45, 7) is 0.590. The second kappa shape index (κ2) is 5.53. The third kappa shape index (κ3) is 2.52. The molecule has 2 aromatic carbocycles. The van der Waals surface area contributed by atoms with E-state index in [4.69, 9.17) is 4.74 Å². The summed E-state index contributed by atoms with van der Waals surface area (Å²) >= 11 is 0. The number of aryl methyl sites for hydroxylation is 1. The topological polar surface area (TPSA) is 70.7 Å². The van der Waals surface area contributed by atoms with Gasteiger partial charge in [0.05, 0.1) is 12.1 Å². The molecule has 0 saturated heterocycles. The summed E-state index contributed by atoms with van der Waals surface area (Å²) in [6, 6.07) is 13.6. The molecule has 0 saturated carbocycles. The van der Waals surface area contributed by atoms with Crippen molar-refractivity contribution >= 4 is 11.0 Å². The molecule has 2 heterocycles. The van der Waals surface area contributed by atoms with E-state index in [2.05, 4.69) is 20.4 Å². The summed E-state index contributed by atoms with van der Waals surface area (Å²) in [5.41, 5.74) is 2.68. The number of aromatic nitrogens is 6. The lowest BCUT2D eigenvalue weighted by atomic mass is 10.2. The van der Waals surface area contributed by atoms with Crippen molar-refractivity contribution in [2.75, 3.05) is 0 Å². The van der Waals surface area contributed by atoms with Crippen molar-refractivity contribution in [2.45, 2.75) is 6.54 Å². The second-order valence-electron chi connectivity index (χ2n) is 5.14. The highest BCUT2D eigenvalue weighted by molar-refractivity contribution is 5.81. The molecule has 2 aromatic heterocycles. The zero-order valence-corrected chi connectivity index (χ0v) is 12.5. The maximum atomic E-state index is 6.11. The molecule has 114 valence electrons. The molecule has 4 aromatic rings. The zero-order valence-electron chi connectivity index (χ0n) is 12.5. The summed E-state index contributed by atoms with van der Waals surface area (Å²) in [4.78, 5) is 3.97. The first-order valence-corrected chi connectivity index (χ1v) is 7.18. The van der Waals surface area contributed by atoms with Gasteiger partial charge in [0.25, 0.3) is 0 Å². The van der Waals surface area contributed by atoms with Crippen LogP contribution < -0.4 is 4.74 Å². The first-order chi connectivity index (χ1) is 11.3. The first kappa shape index (κ1) is 13.4. The Kier molecular flexibility index (Phi) is 3.23. The van der Waals surface area contributed by atoms with Crippen LogP contribution in [0.15, 0.2) is 55.1 Å². The zero-order chi connectivity index (χ0) is 15.6. The maximum absolute atomic E-state index is 6.11. The Balaban J connectivity index is 1.71. The van der Waals surface area contributed by atoms with E-state index in [-0.39, 0.29) is 0 Å². The monoisotopic (exact) mass is 306 g/mol. The summed E-state index contributed by atoms with van der Waals surface area (Å²) in [5, 5.41) is 12.4. The molecular weight excluding hydrogens is 292 g/mol. The predicted octanol–water partition coefficient (Wildman–Crippen LogP) is 2.40. The molecule has 0 unspecified atom stereocenters. The highest BCUT2D eigenvalue weighted by Gasteiger charge is 2.11. The van der Waals surface area contributed by atoms with E-state index >= 15 is 0 Å². The maximum Gasteiger partial charge on any atom is 0.157 e. The molecule has 0 atom stereocenters. The van der Waals surface area contributed by atoms with Crippen molar-refractivity contribution in [2.24, 2.45) is 7.05 Å². The molecule has 0 amide bonds. The summed E-state index contributed by atoms with van der Waals surface area (Å²) < 4.78 is 9.59. The number of ether oxygens (including phenoxy) is 1. The van der Waals surface area contributed by atoms with Gasteiger partial charge < -0.3 is 4.74 Å². The van der Waals surface area contributed by atoms with Crippen LogP contribution in [0.2, 0.25) is 0 Å². The summed E-state index contributed by atoms with van der Waals surface area (Å²) in [7, 11) is 1.86. The van der Waals surface area contributed by atoms with Gasteiger partial charge in [-0.2, -0.15) is 5.10 Å². The SMILES string of the molecule is Cn1nnc2c(Oc3ccccc3Cn3cncn3)cccc21. The van der Waals surface area contributed by atoms with Crippen LogP contribution in [0.25, 0.3) is 11.0 Å². The Bertz CT molecular complexity index is 944. The summed E-state index contributed by atoms with van der Waals surface area (Å²) in [6.07, 6.45) is 3.20. The van der Waals surface area contributed by atoms with Crippen LogP contribution in [0.5, 0.6) is 11.5 Å². The van der Waals surface area contributed by atoms with Crippen molar-refractivity contribution in [1.82, 2.24) is 29.8 Å². The summed E-state index contributed by atoms with van der Waals surface area (Å²) in [5.74, 6) is 1.45. The van der Waals surface area contributed by atoms with E-state index in [9.17, 15) is 0 Å². The van der Waals surface area contributed by atoms with Gasteiger partial charge in [0.15, 0.2) is 11.3 Å². The van der Waals surface area contributed by atoms with E-state index in [1.807, 2.05) is 49.5 Å². The minimum Gasteiger partial charge on any atom is -0.455 e. The lowest BCUT2D eigenvalue weighted by Crippen LogP contribution is -2.02. The molecule has 4 rings (SSSR count). The van der Waals surface area contributed by atoms with Crippen molar-refractivity contribution in [3.63, 3.8) is 0 Å². The molecule has 7 nitrogen and oxygen atoms in total. The average molecular weight is 306 g/mol. The van der Waals surface area contributed by atoms with Gasteiger partial charge in [0, 0.05) is 12.6 Å². The molecule has 0 aliphatic carbocycles. The van der Waals surface area contributed by atoms with Crippen molar-refractivity contribution in [1.29, 1.82) is 0 Å². The van der Waals surface area contributed by atoms with Crippen molar-refractivity contribution < 1.29 is 4.74 Å². The third-order valence-corrected chi connectivity index (χ3v) is 3.60. The van der Waals surface area contributed by atoms with Crippen LogP contribution in [0, 0.1) is 0 Å². The number of rotatable bonds is 4. The smallest absolute Gasteiger partial charge is 0.157 e. The number of benzene rings is 2. The van der Waals surface area contributed by atoms with Gasteiger partial charge in [0.1, 0.15) is 18.4 Å². The van der Waals surface area contributed by atoms with Gasteiger partial charge in [-0.3, -0.25) is 0 Å². The minimum absolute atomic E-state index is 0.590. The molecule has 7 heteroatoms. The Hall–Kier alpha value is -3.22. The Morgan fingerprint density at radius 2 is 1.91 bits per heavy atom. The first-order valence-electron chi connectivity index (χ1n) is 7.18. The minimum atomic E-state index is 0.590. The molecule has 0 bridgehead atoms. The van der Waals surface area contributed by atoms with Crippen LogP contribution in [0.1, 0.15) is 5.56 Å². The molecular formula is C16H14N6O. The fourth-order valence-corrected chi connectivity index (χ4v) is 2.46. The number of hydrogen-bond acceptors (Lipinski definition) is 5. The predicted molar refractivity (Wildman–Crippen MR) is 84.1 cm³/mol. The van der Waals surface area contributed by atoms with E-state index in [0.29, 0.717) is 12.3 Å². The second-order valence-corrected chi connectivity index (χ2v) is 5.14. The lowest BCUT2D eigenvalue weighted by molar-refractivity contribution is 0.476. The Morgan fingerprint density at radius 3 is 2.78 bits per heavy atom. The number of para-hydroxylation sites is 1. The van der Waals surface area contributed by atoms with Gasteiger partial charge in [0.2, 0.25) is 0 Å². The molecule has 0 radical (unpaired) electrons. The lowest BCUT2D eigenvalue weighted by Gasteiger charge is -2.11. The van der Waals surface area contributed by atoms with Gasteiger partial charge in [-0.15, -0.1) is 5.10 Å². The molecule has 0 N–H and O–H groups in total. The Labute approximate surface area is 132 Å². The number of hydrogen-bond donors (Lipinski definition) is 0. The van der Waals surface area contributed by atoms with Crippen LogP contribution in [0.3, 0.4) is 0 Å². The standard InChI is InChI=1S/C16H14N6O/c1-21-13-6-4-8-15(16(13)19-20-21)23-14-7-3-2-5-12(14)9-22-11-17-10-18-22/h2-8,10-11H,9H2,1H3. The van der Waals surface area contributed by atoms with Gasteiger partial charge in [-0.25, -0.2) is 14.3 Å². The van der Waals surface area contributed by atoms with Gasteiger partial charge in [-0.05, 0) is 18.2 Å². The van der Waals surface area contributed by atoms with Crippen molar-refractivity contribution in [3.05, 3.63) is 60.7 Å². The molecule has 0 spiro atoms. The van der Waals surface area contributed by atoms with Crippen LogP contribution in [-0.4, -0.2) is 29.8 Å². The van der Waals surface area contributed by atoms with Crippen molar-refractivity contribution in [3.8, 4) is 11.5 Å². The van der Waals surface area contributed by atoms with Crippen LogP contribution in [0.4, 0.5) is 0 Å². The van der Waals surface area contributed by atoms with Crippen LogP contribution in [-0.2, 0) is 13.6 Å². The molecule has 0 aliphatic rings.